The fraction of sp³-hybridized carbons (Fsp3) is 0.250. The van der Waals surface area contributed by atoms with Gasteiger partial charge in [0.2, 0.25) is 0 Å². The van der Waals surface area contributed by atoms with Crippen molar-refractivity contribution in [2.45, 2.75) is 12.5 Å². The zero-order valence-corrected chi connectivity index (χ0v) is 20.2. The summed E-state index contributed by atoms with van der Waals surface area (Å²) in [6.45, 7) is 0. The third kappa shape index (κ3) is 4.54. The van der Waals surface area contributed by atoms with Gasteiger partial charge in [-0.15, -0.1) is 0 Å². The van der Waals surface area contributed by atoms with Crippen molar-refractivity contribution in [2.24, 2.45) is 5.10 Å². The number of ether oxygens (including phenoxy) is 4. The van der Waals surface area contributed by atoms with E-state index in [2.05, 4.69) is 15.9 Å². The Hall–Kier alpha value is -3.46. The van der Waals surface area contributed by atoms with E-state index in [0.717, 1.165) is 11.1 Å². The minimum atomic E-state index is -0.446. The van der Waals surface area contributed by atoms with Crippen LogP contribution < -0.4 is 18.9 Å². The molecule has 3 aromatic rings. The Morgan fingerprint density at radius 2 is 1.64 bits per heavy atom. The third-order valence-electron chi connectivity index (χ3n) is 5.38. The topological polar surface area (TPSA) is 82.7 Å². The average molecular weight is 515 g/mol. The molecule has 0 bridgehead atoms. The van der Waals surface area contributed by atoms with Crippen LogP contribution in [0.2, 0.25) is 0 Å². The molecule has 1 atom stereocenters. The van der Waals surface area contributed by atoms with Crippen molar-refractivity contribution >= 4 is 27.5 Å². The Morgan fingerprint density at radius 3 is 2.21 bits per heavy atom. The van der Waals surface area contributed by atoms with Gasteiger partial charge in [0, 0.05) is 23.6 Å². The maximum absolute atomic E-state index is 13.4. The first kappa shape index (κ1) is 22.7. The van der Waals surface area contributed by atoms with Crippen LogP contribution >= 0.6 is 15.9 Å². The largest absolute Gasteiger partial charge is 0.497 e. The Bertz CT molecular complexity index is 1180. The van der Waals surface area contributed by atoms with E-state index in [1.54, 1.807) is 46.6 Å². The minimum Gasteiger partial charge on any atom is -0.497 e. The van der Waals surface area contributed by atoms with Crippen molar-refractivity contribution in [2.75, 3.05) is 28.4 Å². The molecule has 1 aromatic heterocycles. The van der Waals surface area contributed by atoms with Crippen molar-refractivity contribution in [1.29, 1.82) is 0 Å². The lowest BCUT2D eigenvalue weighted by atomic mass is 9.97. The van der Waals surface area contributed by atoms with Gasteiger partial charge in [0.15, 0.2) is 10.4 Å². The monoisotopic (exact) mass is 514 g/mol. The van der Waals surface area contributed by atoms with Crippen LogP contribution in [0.3, 0.4) is 0 Å². The molecule has 8 nitrogen and oxygen atoms in total. The quantitative estimate of drug-likeness (QED) is 0.437. The second-order valence-electron chi connectivity index (χ2n) is 7.23. The number of hydrogen-bond acceptors (Lipinski definition) is 7. The van der Waals surface area contributed by atoms with Crippen LogP contribution in [0.15, 0.2) is 62.7 Å². The first-order valence-electron chi connectivity index (χ1n) is 10.1. The summed E-state index contributed by atoms with van der Waals surface area (Å²) in [6.07, 6.45) is 0.438. The number of hydrazone groups is 1. The summed E-state index contributed by atoms with van der Waals surface area (Å²) in [7, 11) is 6.35. The second kappa shape index (κ2) is 9.58. The van der Waals surface area contributed by atoms with Crippen molar-refractivity contribution in [3.63, 3.8) is 0 Å². The van der Waals surface area contributed by atoms with E-state index < -0.39 is 6.04 Å². The molecule has 0 saturated heterocycles. The highest BCUT2D eigenvalue weighted by atomic mass is 79.9. The highest BCUT2D eigenvalue weighted by molar-refractivity contribution is 9.10. The summed E-state index contributed by atoms with van der Waals surface area (Å²) in [5, 5.41) is 6.12. The van der Waals surface area contributed by atoms with Crippen LogP contribution in [0, 0.1) is 0 Å². The molecule has 0 spiro atoms. The number of carbonyl (C=O) groups is 1. The lowest BCUT2D eigenvalue weighted by Gasteiger charge is -2.23. The Kier molecular flexibility index (Phi) is 6.60. The molecule has 9 heteroatoms. The van der Waals surface area contributed by atoms with Gasteiger partial charge >= 0.3 is 5.91 Å². The van der Waals surface area contributed by atoms with Gasteiger partial charge in [0.1, 0.15) is 23.0 Å². The lowest BCUT2D eigenvalue weighted by Crippen LogP contribution is -2.27. The van der Waals surface area contributed by atoms with E-state index in [4.69, 9.17) is 28.5 Å². The molecular formula is C24H23BrN2O6. The summed E-state index contributed by atoms with van der Waals surface area (Å²) < 4.78 is 27.8. The van der Waals surface area contributed by atoms with Crippen LogP contribution in [-0.2, 0) is 0 Å². The minimum absolute atomic E-state index is 0.168. The smallest absolute Gasteiger partial charge is 0.310 e. The molecular weight excluding hydrogens is 492 g/mol. The maximum atomic E-state index is 13.4. The molecule has 1 aliphatic heterocycles. The molecule has 2 heterocycles. The van der Waals surface area contributed by atoms with Gasteiger partial charge in [0.05, 0.1) is 40.2 Å². The van der Waals surface area contributed by atoms with Crippen LogP contribution in [0.4, 0.5) is 0 Å². The van der Waals surface area contributed by atoms with E-state index in [-0.39, 0.29) is 11.7 Å². The second-order valence-corrected chi connectivity index (χ2v) is 8.01. The first-order chi connectivity index (χ1) is 16.0. The van der Waals surface area contributed by atoms with E-state index >= 15 is 0 Å². The SMILES string of the molecule is COc1cc(OC)cc(C2=NN(C(=O)c3ccc(Br)o3)[C@@H](c3cc(OC)ccc3OC)C2)c1. The van der Waals surface area contributed by atoms with Crippen LogP contribution in [0.5, 0.6) is 23.0 Å². The Balaban J connectivity index is 1.81. The molecule has 0 fully saturated rings. The predicted molar refractivity (Wildman–Crippen MR) is 126 cm³/mol. The van der Waals surface area contributed by atoms with Crippen LogP contribution in [-0.4, -0.2) is 45.1 Å². The van der Waals surface area contributed by atoms with Gasteiger partial charge in [-0.1, -0.05) is 0 Å². The fourth-order valence-electron chi connectivity index (χ4n) is 3.73. The Labute approximate surface area is 199 Å². The number of methoxy groups -OCH3 is 4. The van der Waals surface area contributed by atoms with Gasteiger partial charge in [0.25, 0.3) is 0 Å². The van der Waals surface area contributed by atoms with E-state index in [0.29, 0.717) is 39.8 Å². The number of hydrogen-bond donors (Lipinski definition) is 0. The zero-order valence-electron chi connectivity index (χ0n) is 18.6. The van der Waals surface area contributed by atoms with Crippen molar-refractivity contribution in [1.82, 2.24) is 5.01 Å². The summed E-state index contributed by atoms with van der Waals surface area (Å²) in [5.74, 6) is 2.32. The van der Waals surface area contributed by atoms with Gasteiger partial charge in [-0.2, -0.15) is 5.10 Å². The van der Waals surface area contributed by atoms with Crippen LogP contribution in [0.25, 0.3) is 0 Å². The molecule has 172 valence electrons. The van der Waals surface area contributed by atoms with Crippen molar-refractivity contribution < 1.29 is 28.2 Å². The van der Waals surface area contributed by atoms with Crippen molar-refractivity contribution in [3.05, 3.63) is 70.1 Å². The highest BCUT2D eigenvalue weighted by Gasteiger charge is 2.37. The molecule has 4 rings (SSSR count). The standard InChI is InChI=1S/C24H23BrN2O6/c1-29-15-5-6-21(32-4)18(12-15)20-13-19(14-9-16(30-2)11-17(10-14)31-3)26-27(20)24(28)22-7-8-23(25)33-22/h5-12,20H,13H2,1-4H3/t20-/m1/s1. The summed E-state index contributed by atoms with van der Waals surface area (Å²) >= 11 is 3.25. The normalized spacial score (nSPS) is 15.2. The van der Waals surface area contributed by atoms with E-state index in [9.17, 15) is 4.79 Å². The number of amides is 1. The molecule has 0 unspecified atom stereocenters. The average Bonchev–Trinajstić information content (AvgIpc) is 3.49. The first-order valence-corrected chi connectivity index (χ1v) is 10.9. The van der Waals surface area contributed by atoms with E-state index in [1.807, 2.05) is 30.3 Å². The molecule has 0 radical (unpaired) electrons. The fourth-order valence-corrected chi connectivity index (χ4v) is 4.04. The van der Waals surface area contributed by atoms with Crippen molar-refractivity contribution in [3.8, 4) is 23.0 Å². The zero-order chi connectivity index (χ0) is 23.5. The number of benzene rings is 2. The molecule has 0 aliphatic carbocycles. The number of rotatable bonds is 7. The molecule has 33 heavy (non-hydrogen) atoms. The number of nitrogens with zero attached hydrogens (tertiary/aromatic N) is 2. The maximum Gasteiger partial charge on any atom is 0.310 e. The van der Waals surface area contributed by atoms with Gasteiger partial charge < -0.3 is 23.4 Å². The molecule has 0 saturated carbocycles. The highest BCUT2D eigenvalue weighted by Crippen LogP contribution is 2.41. The molecule has 1 aliphatic rings. The number of carbonyl (C=O) groups excluding carboxylic acids is 1. The summed E-state index contributed by atoms with van der Waals surface area (Å²) in [6, 6.07) is 13.8. The third-order valence-corrected chi connectivity index (χ3v) is 5.81. The number of halogens is 1. The van der Waals surface area contributed by atoms with Gasteiger partial charge in [-0.05, 0) is 58.4 Å². The number of furan rings is 1. The molecule has 2 aromatic carbocycles. The lowest BCUT2D eigenvalue weighted by molar-refractivity contribution is 0.0675. The summed E-state index contributed by atoms with van der Waals surface area (Å²) in [4.78, 5) is 13.4. The van der Waals surface area contributed by atoms with Gasteiger partial charge in [-0.3, -0.25) is 4.79 Å². The van der Waals surface area contributed by atoms with Gasteiger partial charge in [-0.25, -0.2) is 5.01 Å². The Morgan fingerprint density at radius 1 is 0.939 bits per heavy atom. The molecule has 0 N–H and O–H groups in total. The van der Waals surface area contributed by atoms with Crippen LogP contribution in [0.1, 0.15) is 34.1 Å². The molecule has 1 amide bonds. The predicted octanol–water partition coefficient (Wildman–Crippen LogP) is 5.07. The van der Waals surface area contributed by atoms with E-state index in [1.165, 1.54) is 5.01 Å². The summed E-state index contributed by atoms with van der Waals surface area (Å²) in [5.41, 5.74) is 2.25.